The maximum Gasteiger partial charge on any atom is 0.168 e. The van der Waals surface area contributed by atoms with Crippen molar-refractivity contribution in [3.8, 4) is 11.3 Å². The zero-order valence-corrected chi connectivity index (χ0v) is 10.9. The first-order valence-corrected chi connectivity index (χ1v) is 6.52. The number of thioether (sulfide) groups is 1. The van der Waals surface area contributed by atoms with E-state index in [1.807, 2.05) is 49.1 Å². The van der Waals surface area contributed by atoms with Crippen LogP contribution >= 0.6 is 11.8 Å². The topological polar surface area (TPSA) is 34.9 Å². The van der Waals surface area contributed by atoms with Crippen molar-refractivity contribution in [2.75, 3.05) is 6.26 Å². The van der Waals surface area contributed by atoms with E-state index in [-0.39, 0.29) is 0 Å². The van der Waals surface area contributed by atoms with Gasteiger partial charge in [-0.1, -0.05) is 12.1 Å². The van der Waals surface area contributed by atoms with E-state index in [0.717, 1.165) is 23.4 Å². The normalized spacial score (nSPS) is 10.5. The summed E-state index contributed by atoms with van der Waals surface area (Å²) in [6.45, 7) is 1.90. The van der Waals surface area contributed by atoms with Gasteiger partial charge in [-0.2, -0.15) is 0 Å². The molecule has 0 saturated heterocycles. The highest BCUT2D eigenvalue weighted by atomic mass is 32.2. The first kappa shape index (κ1) is 11.9. The van der Waals surface area contributed by atoms with Crippen LogP contribution in [0.5, 0.6) is 0 Å². The first-order chi connectivity index (χ1) is 8.17. The molecule has 0 radical (unpaired) electrons. The van der Waals surface area contributed by atoms with Crippen molar-refractivity contribution >= 4 is 18.0 Å². The number of hydrogen-bond acceptors (Lipinski definition) is 3. The molecule has 0 N–H and O–H groups in total. The second kappa shape index (κ2) is 4.75. The summed E-state index contributed by atoms with van der Waals surface area (Å²) in [6.07, 6.45) is 2.90. The molecule has 2 aromatic rings. The highest BCUT2D eigenvalue weighted by Gasteiger charge is 2.12. The highest BCUT2D eigenvalue weighted by Crippen LogP contribution is 2.24. The van der Waals surface area contributed by atoms with E-state index in [4.69, 9.17) is 0 Å². The minimum Gasteiger partial charge on any atom is -0.329 e. The Morgan fingerprint density at radius 2 is 1.94 bits per heavy atom. The summed E-state index contributed by atoms with van der Waals surface area (Å²) >= 11 is 1.70. The average molecular weight is 246 g/mol. The van der Waals surface area contributed by atoms with Gasteiger partial charge in [0.1, 0.15) is 11.5 Å². The number of aldehydes is 1. The lowest BCUT2D eigenvalue weighted by molar-refractivity contribution is 0.111. The molecule has 0 unspecified atom stereocenters. The van der Waals surface area contributed by atoms with Crippen molar-refractivity contribution in [2.24, 2.45) is 7.05 Å². The molecule has 3 nitrogen and oxygen atoms in total. The monoisotopic (exact) mass is 246 g/mol. The lowest BCUT2D eigenvalue weighted by Gasteiger charge is -2.01. The average Bonchev–Trinajstić information content (AvgIpc) is 2.65. The Hall–Kier alpha value is -1.55. The lowest BCUT2D eigenvalue weighted by Crippen LogP contribution is -1.97. The number of hydrogen-bond donors (Lipinski definition) is 0. The summed E-state index contributed by atoms with van der Waals surface area (Å²) in [6, 6.07) is 8.08. The van der Waals surface area contributed by atoms with E-state index in [1.165, 1.54) is 4.90 Å². The Labute approximate surface area is 105 Å². The predicted octanol–water partition coefficient (Wildman–Crippen LogP) is 2.93. The van der Waals surface area contributed by atoms with E-state index in [0.29, 0.717) is 5.69 Å². The number of rotatable bonds is 3. The molecule has 4 heteroatoms. The fourth-order valence-electron chi connectivity index (χ4n) is 1.72. The number of aromatic nitrogens is 2. The molecule has 0 fully saturated rings. The third kappa shape index (κ3) is 2.13. The minimum atomic E-state index is 0.624. The molecule has 0 amide bonds. The van der Waals surface area contributed by atoms with Crippen molar-refractivity contribution in [2.45, 2.75) is 11.8 Å². The smallest absolute Gasteiger partial charge is 0.168 e. The van der Waals surface area contributed by atoms with Crippen LogP contribution < -0.4 is 0 Å². The van der Waals surface area contributed by atoms with Gasteiger partial charge in [-0.3, -0.25) is 4.79 Å². The van der Waals surface area contributed by atoms with Crippen molar-refractivity contribution in [3.63, 3.8) is 0 Å². The minimum absolute atomic E-state index is 0.624. The standard InChI is InChI=1S/C13H14N2OS/c1-9-14-13(12(8-16)15(9)2)10-4-6-11(17-3)7-5-10/h4-8H,1-3H3. The third-order valence-corrected chi connectivity index (χ3v) is 3.58. The van der Waals surface area contributed by atoms with E-state index in [2.05, 4.69) is 4.98 Å². The Bertz CT molecular complexity index is 543. The zero-order valence-electron chi connectivity index (χ0n) is 10.1. The quantitative estimate of drug-likeness (QED) is 0.617. The molecule has 2 rings (SSSR count). The fraction of sp³-hybridized carbons (Fsp3) is 0.231. The number of benzene rings is 1. The molecule has 0 aliphatic carbocycles. The second-order valence-corrected chi connectivity index (χ2v) is 4.68. The first-order valence-electron chi connectivity index (χ1n) is 5.30. The molecule has 0 bridgehead atoms. The Morgan fingerprint density at radius 1 is 1.29 bits per heavy atom. The van der Waals surface area contributed by atoms with Gasteiger partial charge in [0.2, 0.25) is 0 Å². The van der Waals surface area contributed by atoms with Gasteiger partial charge in [0.15, 0.2) is 6.29 Å². The summed E-state index contributed by atoms with van der Waals surface area (Å²) in [5, 5.41) is 0. The summed E-state index contributed by atoms with van der Waals surface area (Å²) < 4.78 is 1.81. The van der Waals surface area contributed by atoms with Gasteiger partial charge < -0.3 is 4.57 Å². The summed E-state index contributed by atoms with van der Waals surface area (Å²) in [7, 11) is 1.85. The van der Waals surface area contributed by atoms with Crippen LogP contribution in [0, 0.1) is 6.92 Å². The molecule has 1 aromatic carbocycles. The van der Waals surface area contributed by atoms with E-state index < -0.39 is 0 Å². The van der Waals surface area contributed by atoms with E-state index >= 15 is 0 Å². The molecule has 88 valence electrons. The number of nitrogens with zero attached hydrogens (tertiary/aromatic N) is 2. The third-order valence-electron chi connectivity index (χ3n) is 2.84. The highest BCUT2D eigenvalue weighted by molar-refractivity contribution is 7.98. The van der Waals surface area contributed by atoms with E-state index in [9.17, 15) is 4.79 Å². The molecule has 17 heavy (non-hydrogen) atoms. The largest absolute Gasteiger partial charge is 0.329 e. The lowest BCUT2D eigenvalue weighted by atomic mass is 10.1. The van der Waals surface area contributed by atoms with Crippen LogP contribution in [0.1, 0.15) is 16.3 Å². The predicted molar refractivity (Wildman–Crippen MR) is 70.5 cm³/mol. The Balaban J connectivity index is 2.52. The Kier molecular flexibility index (Phi) is 3.33. The number of carbonyl (C=O) groups excluding carboxylic acids is 1. The molecular formula is C13H14N2OS. The fourth-order valence-corrected chi connectivity index (χ4v) is 2.13. The summed E-state index contributed by atoms with van der Waals surface area (Å²) in [5.41, 5.74) is 2.36. The molecule has 0 aliphatic heterocycles. The van der Waals surface area contributed by atoms with Gasteiger partial charge in [-0.25, -0.2) is 4.98 Å². The summed E-state index contributed by atoms with van der Waals surface area (Å²) in [4.78, 5) is 16.7. The zero-order chi connectivity index (χ0) is 12.4. The van der Waals surface area contributed by atoms with Crippen molar-refractivity contribution in [3.05, 3.63) is 35.8 Å². The van der Waals surface area contributed by atoms with Crippen molar-refractivity contribution < 1.29 is 4.79 Å². The van der Waals surface area contributed by atoms with Gasteiger partial charge in [-0.15, -0.1) is 11.8 Å². The number of carbonyl (C=O) groups is 1. The molecule has 1 heterocycles. The van der Waals surface area contributed by atoms with Crippen LogP contribution in [0.4, 0.5) is 0 Å². The van der Waals surface area contributed by atoms with E-state index in [1.54, 1.807) is 11.8 Å². The number of imidazole rings is 1. The van der Waals surface area contributed by atoms with Gasteiger partial charge in [0.05, 0.1) is 5.69 Å². The van der Waals surface area contributed by atoms with Crippen molar-refractivity contribution in [1.82, 2.24) is 9.55 Å². The van der Waals surface area contributed by atoms with Crippen molar-refractivity contribution in [1.29, 1.82) is 0 Å². The van der Waals surface area contributed by atoms with Crippen LogP contribution in [-0.2, 0) is 7.05 Å². The summed E-state index contributed by atoms with van der Waals surface area (Å²) in [5.74, 6) is 0.844. The van der Waals surface area contributed by atoms with Crippen LogP contribution in [0.15, 0.2) is 29.2 Å². The second-order valence-electron chi connectivity index (χ2n) is 3.80. The van der Waals surface area contributed by atoms with Gasteiger partial charge >= 0.3 is 0 Å². The van der Waals surface area contributed by atoms with Gasteiger partial charge in [0.25, 0.3) is 0 Å². The molecule has 0 spiro atoms. The van der Waals surface area contributed by atoms with Crippen LogP contribution in [0.2, 0.25) is 0 Å². The van der Waals surface area contributed by atoms with Gasteiger partial charge in [-0.05, 0) is 25.3 Å². The Morgan fingerprint density at radius 3 is 2.47 bits per heavy atom. The maximum atomic E-state index is 11.1. The SMILES string of the molecule is CSc1ccc(-c2nc(C)n(C)c2C=O)cc1. The molecule has 0 aliphatic rings. The number of aryl methyl sites for hydroxylation is 1. The van der Waals surface area contributed by atoms with Crippen LogP contribution in [0.25, 0.3) is 11.3 Å². The molecule has 1 aromatic heterocycles. The maximum absolute atomic E-state index is 11.1. The van der Waals surface area contributed by atoms with Crippen LogP contribution in [0.3, 0.4) is 0 Å². The molecule has 0 atom stereocenters. The van der Waals surface area contributed by atoms with Gasteiger partial charge in [0, 0.05) is 17.5 Å². The molecular weight excluding hydrogens is 232 g/mol. The van der Waals surface area contributed by atoms with Crippen LogP contribution in [-0.4, -0.2) is 22.1 Å². The molecule has 0 saturated carbocycles.